The van der Waals surface area contributed by atoms with E-state index in [0.717, 1.165) is 70.6 Å². The van der Waals surface area contributed by atoms with E-state index in [2.05, 4.69) is 21.3 Å². The number of rotatable bonds is 15. The summed E-state index contributed by atoms with van der Waals surface area (Å²) in [6.07, 6.45) is 24.5. The monoisotopic (exact) mass is 1210 g/mol. The van der Waals surface area contributed by atoms with Crippen molar-refractivity contribution in [3.8, 4) is 0 Å². The highest BCUT2D eigenvalue weighted by molar-refractivity contribution is 6.21. The minimum atomic E-state index is -1.56. The Hall–Kier alpha value is -5.19. The molecule has 0 aromatic carbocycles. The van der Waals surface area contributed by atoms with Gasteiger partial charge in [0, 0.05) is 29.5 Å². The van der Waals surface area contributed by atoms with Gasteiger partial charge < -0.3 is 60.6 Å². The number of hydrogen-bond donors (Lipinski definition) is 8. The quantitative estimate of drug-likeness (QED) is 0.0380. The number of Topliss-reactive ketones (excluding diaryl/α,β-unsaturated/α-hetero) is 1. The van der Waals surface area contributed by atoms with Crippen LogP contribution in [0.25, 0.3) is 0 Å². The predicted molar refractivity (Wildman–Crippen MR) is 302 cm³/mol. The van der Waals surface area contributed by atoms with Gasteiger partial charge in [-0.05, 0) is 130 Å². The molecule has 4 aliphatic carbocycles. The molecule has 0 aromatic heterocycles. The first kappa shape index (κ1) is 63.3. The van der Waals surface area contributed by atoms with Crippen LogP contribution >= 0.6 is 23.2 Å². The maximum atomic E-state index is 12.9. The molecular formula is C61H82Cl2N4O17. The van der Waals surface area contributed by atoms with Gasteiger partial charge in [0.25, 0.3) is 0 Å². The fourth-order valence-corrected chi connectivity index (χ4v) is 16.4. The summed E-state index contributed by atoms with van der Waals surface area (Å²) in [4.78, 5) is 110. The van der Waals surface area contributed by atoms with E-state index in [1.807, 2.05) is 50.3 Å². The highest BCUT2D eigenvalue weighted by atomic mass is 35.5. The van der Waals surface area contributed by atoms with E-state index < -0.39 is 110 Å². The Morgan fingerprint density at radius 3 is 1.38 bits per heavy atom. The van der Waals surface area contributed by atoms with Gasteiger partial charge in [-0.2, -0.15) is 0 Å². The number of carbonyl (C=O) groups excluding carboxylic acids is 9. The number of ketones is 1. The minimum absolute atomic E-state index is 0.105. The molecule has 84 heavy (non-hydrogen) atoms. The van der Waals surface area contributed by atoms with Crippen LogP contribution in [0.15, 0.2) is 48.6 Å². The van der Waals surface area contributed by atoms with Gasteiger partial charge in [0.15, 0.2) is 28.2 Å². The highest BCUT2D eigenvalue weighted by Crippen LogP contribution is 2.57. The number of aliphatic hydroxyl groups is 4. The Morgan fingerprint density at radius 2 is 0.964 bits per heavy atom. The molecule has 0 bridgehead atoms. The largest absolute Gasteiger partial charge is 0.453 e. The molecule has 12 aliphatic rings. The van der Waals surface area contributed by atoms with Gasteiger partial charge in [-0.15, -0.1) is 23.2 Å². The summed E-state index contributed by atoms with van der Waals surface area (Å²) in [6, 6.07) is 0. The molecule has 8 saturated heterocycles. The maximum Gasteiger partial charge on any atom is 0.344 e. The number of fused-ring (bicyclic) bond motifs is 4. The van der Waals surface area contributed by atoms with Crippen LogP contribution in [0.1, 0.15) is 151 Å². The number of allylic oxidation sites excluding steroid dienone is 5. The third kappa shape index (κ3) is 8.97. The summed E-state index contributed by atoms with van der Waals surface area (Å²) in [6.45, 7) is 10.7. The molecule has 23 heteroatoms. The van der Waals surface area contributed by atoms with Crippen molar-refractivity contribution in [1.82, 2.24) is 21.3 Å². The second-order valence-electron chi connectivity index (χ2n) is 25.4. The van der Waals surface area contributed by atoms with E-state index in [9.17, 15) is 63.6 Å². The SMILES string of the molecule is CCC[C@H]1C(=O)N[C@@]2([C@H](O)[C@]3(O)C=CCCC3)C(=O)O[C@@]12C.CC[C@@H]1C(=O)N[C@]2(C(O)[C@H]3C=CCCC3)C(=O)O[C@]12C.C[C@@]12OC(=O)[C@]1([C@@H](O)[C@@H]1C=CCCC1)NC(=O)[C@@H]2CCCl.C[C@]12OC(=O)[C@@]1(C(=O)[C@H]1C=CCCC1)NC(=O)[C@H]2CCCl. The molecular weight excluding hydrogens is 1130 g/mol. The van der Waals surface area contributed by atoms with Crippen molar-refractivity contribution in [2.45, 2.75) is 219 Å². The van der Waals surface area contributed by atoms with Gasteiger partial charge in [0.2, 0.25) is 45.8 Å². The van der Waals surface area contributed by atoms with Crippen LogP contribution in [0.3, 0.4) is 0 Å². The summed E-state index contributed by atoms with van der Waals surface area (Å²) < 4.78 is 21.3. The summed E-state index contributed by atoms with van der Waals surface area (Å²) in [5.41, 5.74) is -11.4. The van der Waals surface area contributed by atoms with Crippen molar-refractivity contribution in [3.63, 3.8) is 0 Å². The van der Waals surface area contributed by atoms with Crippen molar-refractivity contribution in [1.29, 1.82) is 0 Å². The Labute approximate surface area is 499 Å². The van der Waals surface area contributed by atoms with Crippen LogP contribution in [0.2, 0.25) is 0 Å². The zero-order valence-corrected chi connectivity index (χ0v) is 50.2. The van der Waals surface area contributed by atoms with Crippen LogP contribution < -0.4 is 21.3 Å². The molecule has 462 valence electrons. The van der Waals surface area contributed by atoms with Gasteiger partial charge >= 0.3 is 23.9 Å². The number of halogens is 2. The second-order valence-corrected chi connectivity index (χ2v) is 26.2. The van der Waals surface area contributed by atoms with Gasteiger partial charge in [0.1, 0.15) is 11.7 Å². The van der Waals surface area contributed by atoms with Gasteiger partial charge in [-0.3, -0.25) is 24.0 Å². The van der Waals surface area contributed by atoms with E-state index in [1.165, 1.54) is 0 Å². The number of alkyl halides is 2. The summed E-state index contributed by atoms with van der Waals surface area (Å²) in [7, 11) is 0. The lowest BCUT2D eigenvalue weighted by Gasteiger charge is -2.56. The van der Waals surface area contributed by atoms with Crippen LogP contribution in [-0.2, 0) is 62.1 Å². The number of aliphatic hydroxyl groups excluding tert-OH is 3. The fourth-order valence-electron chi connectivity index (χ4n) is 16.0. The van der Waals surface area contributed by atoms with Crippen molar-refractivity contribution in [2.24, 2.45) is 41.4 Å². The molecule has 0 spiro atoms. The molecule has 0 saturated carbocycles. The zero-order chi connectivity index (χ0) is 61.2. The van der Waals surface area contributed by atoms with E-state index in [4.69, 9.17) is 42.1 Å². The van der Waals surface area contributed by atoms with Crippen LogP contribution in [0.5, 0.6) is 0 Å². The lowest BCUT2D eigenvalue weighted by molar-refractivity contribution is -0.249. The van der Waals surface area contributed by atoms with Crippen molar-refractivity contribution >= 4 is 76.5 Å². The first-order valence-corrected chi connectivity index (χ1v) is 31.1. The average molecular weight is 1210 g/mol. The van der Waals surface area contributed by atoms with E-state index >= 15 is 0 Å². The van der Waals surface area contributed by atoms with Crippen molar-refractivity contribution in [3.05, 3.63) is 48.6 Å². The van der Waals surface area contributed by atoms with Gasteiger partial charge in [-0.25, -0.2) is 19.2 Å². The first-order chi connectivity index (χ1) is 39.7. The molecule has 8 aliphatic heterocycles. The Bertz CT molecular complexity index is 2830. The third-order valence-electron chi connectivity index (χ3n) is 21.0. The minimum Gasteiger partial charge on any atom is -0.453 e. The number of ether oxygens (including phenoxy) is 4. The molecule has 8 N–H and O–H groups in total. The van der Waals surface area contributed by atoms with Gasteiger partial charge in [0.05, 0.1) is 35.9 Å². The molecule has 12 rings (SSSR count). The molecule has 8 fully saturated rings. The molecule has 19 atom stereocenters. The maximum absolute atomic E-state index is 12.9. The van der Waals surface area contributed by atoms with Crippen molar-refractivity contribution < 1.29 is 82.5 Å². The Kier molecular flexibility index (Phi) is 17.5. The smallest absolute Gasteiger partial charge is 0.344 e. The van der Waals surface area contributed by atoms with E-state index in [1.54, 1.807) is 39.8 Å². The van der Waals surface area contributed by atoms with Crippen LogP contribution in [0.4, 0.5) is 0 Å². The highest BCUT2D eigenvalue weighted by Gasteiger charge is 2.83. The first-order valence-electron chi connectivity index (χ1n) is 30.1. The van der Waals surface area contributed by atoms with Crippen molar-refractivity contribution in [2.75, 3.05) is 11.8 Å². The number of carbonyl (C=O) groups is 9. The zero-order valence-electron chi connectivity index (χ0n) is 48.7. The Balaban J connectivity index is 0.000000134. The molecule has 21 nitrogen and oxygen atoms in total. The number of hydrogen-bond acceptors (Lipinski definition) is 17. The average Bonchev–Trinajstić information content (AvgIpc) is 1.49. The molecule has 0 radical (unpaired) electrons. The predicted octanol–water partition coefficient (Wildman–Crippen LogP) is 3.81. The number of amides is 4. The Morgan fingerprint density at radius 1 is 0.548 bits per heavy atom. The third-order valence-corrected chi connectivity index (χ3v) is 21.5. The topological polar surface area (TPSA) is 320 Å². The molecule has 1 unspecified atom stereocenters. The summed E-state index contributed by atoms with van der Waals surface area (Å²) >= 11 is 11.5. The van der Waals surface area contributed by atoms with E-state index in [-0.39, 0.29) is 59.0 Å². The number of esters is 4. The van der Waals surface area contributed by atoms with E-state index in [0.29, 0.717) is 44.4 Å². The van der Waals surface area contributed by atoms with Crippen LogP contribution in [0, 0.1) is 41.4 Å². The molecule has 8 heterocycles. The van der Waals surface area contributed by atoms with Gasteiger partial charge in [-0.1, -0.05) is 68.9 Å². The lowest BCUT2D eigenvalue weighted by Crippen LogP contribution is -2.82. The second kappa shape index (κ2) is 23.2. The normalized spacial score (nSPS) is 43.3. The standard InChI is InChI=1S/C16H23NO5.C15H20ClNO4.C15H18ClNO4.C15H21NO4/c1-3-7-10-11(18)17-16(13(20)22-14(10,16)2)12(19)15(21)8-5-4-6-9-15;2*1-14-10(7-8-16)12(19)17-15(14,13(20)21-14)11(18)9-5-3-2-4-6-9;1-3-10-12(18)16-15(13(19)20-14(10,15)2)11(17)9-7-5-4-6-8-9/h5,8,10,12,19,21H,3-4,6-7,9H2,1-2H3,(H,17,18);3,5,9-11,18H,2,4,6-8H2,1H3,(H,17,19);3,5,9-10H,2,4,6-8H2,1H3,(H,17,19);5,7,9-11,17H,3-4,6,8H2,1-2H3,(H,16,18)/t10-,12+,14-,15-,16-;9-,10+,11+,14+,15+;9-,10+,14+,15+;9-,10+,11?,14+,15+/m0100/s1. The van der Waals surface area contributed by atoms with Crippen LogP contribution in [-0.4, -0.2) is 154 Å². The summed E-state index contributed by atoms with van der Waals surface area (Å²) in [5.74, 6) is -5.62. The molecule has 4 amide bonds. The fraction of sp³-hybridized carbons (Fsp3) is 0.721. The lowest BCUT2D eigenvalue weighted by atomic mass is 9.63. The summed E-state index contributed by atoms with van der Waals surface area (Å²) in [5, 5.41) is 53.9. The number of nitrogens with one attached hydrogen (secondary N) is 4. The molecule has 0 aromatic rings.